The lowest BCUT2D eigenvalue weighted by molar-refractivity contribution is -0.119. The molecule has 120 valence electrons. The Kier molecular flexibility index (Phi) is 4.21. The summed E-state index contributed by atoms with van der Waals surface area (Å²) in [6.45, 7) is 0.795. The van der Waals surface area contributed by atoms with Crippen molar-refractivity contribution < 1.29 is 4.79 Å². The smallest absolute Gasteiger partial charge is 0.192 e. The number of carbonyl (C=O) groups excluding carboxylic acids is 1. The fourth-order valence-corrected chi connectivity index (χ4v) is 4.31. The van der Waals surface area contributed by atoms with Gasteiger partial charge in [-0.1, -0.05) is 48.5 Å². The van der Waals surface area contributed by atoms with Crippen molar-refractivity contribution in [2.45, 2.75) is 61.4 Å². The second-order valence-electron chi connectivity index (χ2n) is 6.51. The van der Waals surface area contributed by atoms with E-state index in [1.807, 2.05) is 6.07 Å². The van der Waals surface area contributed by atoms with Gasteiger partial charge in [0, 0.05) is 12.3 Å². The summed E-state index contributed by atoms with van der Waals surface area (Å²) in [5.74, 6) is 2.03. The first-order chi connectivity index (χ1) is 11.3. The molecule has 0 bridgehead atoms. The summed E-state index contributed by atoms with van der Waals surface area (Å²) in [4.78, 5) is 12.1. The lowest BCUT2D eigenvalue weighted by Gasteiger charge is -2.19. The van der Waals surface area contributed by atoms with Gasteiger partial charge in [0.2, 0.25) is 0 Å². The second kappa shape index (κ2) is 6.48. The predicted octanol–water partition coefficient (Wildman–Crippen LogP) is 3.81. The number of rotatable bonds is 5. The van der Waals surface area contributed by atoms with Gasteiger partial charge < -0.3 is 4.57 Å². The topological polar surface area (TPSA) is 47.8 Å². The van der Waals surface area contributed by atoms with Crippen LogP contribution in [-0.2, 0) is 11.3 Å². The molecule has 1 atom stereocenters. The van der Waals surface area contributed by atoms with Gasteiger partial charge in [-0.15, -0.1) is 10.2 Å². The normalized spacial score (nSPS) is 21.6. The standard InChI is InChI=1S/C18H21N3OS/c22-15-8-4-5-9-16(15)23-18-20-19-17(14-10-11-14)21(18)12-13-6-2-1-3-7-13/h1-3,6-7,14,16H,4-5,8-12H2/t16-/m0/s1. The van der Waals surface area contributed by atoms with Crippen LogP contribution in [0.3, 0.4) is 0 Å². The highest BCUT2D eigenvalue weighted by atomic mass is 32.2. The van der Waals surface area contributed by atoms with E-state index in [4.69, 9.17) is 0 Å². The molecule has 0 radical (unpaired) electrons. The van der Waals surface area contributed by atoms with E-state index < -0.39 is 0 Å². The zero-order chi connectivity index (χ0) is 15.6. The molecule has 1 aromatic carbocycles. The van der Waals surface area contributed by atoms with Crippen molar-refractivity contribution in [1.29, 1.82) is 0 Å². The van der Waals surface area contributed by atoms with Gasteiger partial charge in [-0.05, 0) is 31.2 Å². The van der Waals surface area contributed by atoms with Crippen LogP contribution in [0.1, 0.15) is 55.8 Å². The highest BCUT2D eigenvalue weighted by Gasteiger charge is 2.32. The zero-order valence-electron chi connectivity index (χ0n) is 13.1. The van der Waals surface area contributed by atoms with Gasteiger partial charge >= 0.3 is 0 Å². The monoisotopic (exact) mass is 327 g/mol. The largest absolute Gasteiger partial charge is 0.301 e. The van der Waals surface area contributed by atoms with Crippen molar-refractivity contribution in [3.05, 3.63) is 41.7 Å². The molecule has 5 heteroatoms. The third-order valence-corrected chi connectivity index (χ3v) is 5.91. The van der Waals surface area contributed by atoms with E-state index in [-0.39, 0.29) is 5.25 Å². The van der Waals surface area contributed by atoms with Gasteiger partial charge in [0.1, 0.15) is 11.6 Å². The Bertz CT molecular complexity index is 694. The maximum absolute atomic E-state index is 12.1. The number of thioether (sulfide) groups is 1. The van der Waals surface area contributed by atoms with E-state index in [0.717, 1.165) is 43.2 Å². The van der Waals surface area contributed by atoms with Crippen molar-refractivity contribution in [2.75, 3.05) is 0 Å². The molecule has 2 saturated carbocycles. The Morgan fingerprint density at radius 2 is 1.91 bits per heavy atom. The molecule has 4 nitrogen and oxygen atoms in total. The molecule has 2 aliphatic carbocycles. The van der Waals surface area contributed by atoms with Crippen LogP contribution in [0.4, 0.5) is 0 Å². The van der Waals surface area contributed by atoms with Crippen LogP contribution in [0.15, 0.2) is 35.5 Å². The molecular weight excluding hydrogens is 306 g/mol. The van der Waals surface area contributed by atoms with Crippen molar-refractivity contribution >= 4 is 17.5 Å². The first-order valence-corrected chi connectivity index (χ1v) is 9.35. The lowest BCUT2D eigenvalue weighted by atomic mass is 9.99. The van der Waals surface area contributed by atoms with Crippen LogP contribution >= 0.6 is 11.8 Å². The van der Waals surface area contributed by atoms with Crippen molar-refractivity contribution in [3.8, 4) is 0 Å². The molecule has 0 unspecified atom stereocenters. The van der Waals surface area contributed by atoms with Gasteiger partial charge in [-0.2, -0.15) is 0 Å². The molecule has 1 heterocycles. The van der Waals surface area contributed by atoms with Crippen LogP contribution in [-0.4, -0.2) is 25.8 Å². The van der Waals surface area contributed by atoms with E-state index in [1.165, 1.54) is 18.4 Å². The Morgan fingerprint density at radius 1 is 1.09 bits per heavy atom. The fourth-order valence-electron chi connectivity index (χ4n) is 3.15. The Morgan fingerprint density at radius 3 is 2.65 bits per heavy atom. The van der Waals surface area contributed by atoms with Crippen molar-refractivity contribution in [1.82, 2.24) is 14.8 Å². The SMILES string of the molecule is O=C1CCCC[C@@H]1Sc1nnc(C2CC2)n1Cc1ccccc1. The molecule has 4 rings (SSSR count). The molecule has 0 spiro atoms. The highest BCUT2D eigenvalue weighted by molar-refractivity contribution is 8.00. The number of ketones is 1. The maximum Gasteiger partial charge on any atom is 0.192 e. The van der Waals surface area contributed by atoms with E-state index in [1.54, 1.807) is 11.8 Å². The quantitative estimate of drug-likeness (QED) is 0.838. The summed E-state index contributed by atoms with van der Waals surface area (Å²) in [5, 5.41) is 9.85. The Labute approximate surface area is 140 Å². The molecule has 2 aromatic rings. The number of Topliss-reactive ketones (excluding diaryl/α,β-unsaturated/α-hetero) is 1. The van der Waals surface area contributed by atoms with Crippen molar-refractivity contribution in [3.63, 3.8) is 0 Å². The van der Waals surface area contributed by atoms with Crippen molar-refractivity contribution in [2.24, 2.45) is 0 Å². The zero-order valence-corrected chi connectivity index (χ0v) is 14.0. The third kappa shape index (κ3) is 3.34. The molecule has 1 aromatic heterocycles. The number of benzene rings is 1. The molecule has 0 aliphatic heterocycles. The number of hydrogen-bond donors (Lipinski definition) is 0. The van der Waals surface area contributed by atoms with E-state index in [9.17, 15) is 4.79 Å². The molecule has 0 amide bonds. The lowest BCUT2D eigenvalue weighted by Crippen LogP contribution is -2.22. The summed E-state index contributed by atoms with van der Waals surface area (Å²) in [6, 6.07) is 10.4. The summed E-state index contributed by atoms with van der Waals surface area (Å²) >= 11 is 1.62. The minimum absolute atomic E-state index is 0.0644. The van der Waals surface area contributed by atoms with Gasteiger partial charge in [0.15, 0.2) is 5.16 Å². The second-order valence-corrected chi connectivity index (χ2v) is 7.68. The summed E-state index contributed by atoms with van der Waals surface area (Å²) in [7, 11) is 0. The molecule has 0 saturated heterocycles. The molecule has 0 N–H and O–H groups in total. The highest BCUT2D eigenvalue weighted by Crippen LogP contribution is 2.41. The first-order valence-electron chi connectivity index (χ1n) is 8.47. The number of hydrogen-bond acceptors (Lipinski definition) is 4. The van der Waals surface area contributed by atoms with Gasteiger partial charge in [-0.3, -0.25) is 4.79 Å². The molecule has 23 heavy (non-hydrogen) atoms. The van der Waals surface area contributed by atoms with Crippen LogP contribution in [0.2, 0.25) is 0 Å². The average Bonchev–Trinajstić information content (AvgIpc) is 3.35. The van der Waals surface area contributed by atoms with Gasteiger partial charge in [0.05, 0.1) is 11.8 Å². The predicted molar refractivity (Wildman–Crippen MR) is 90.7 cm³/mol. The minimum Gasteiger partial charge on any atom is -0.301 e. The van der Waals surface area contributed by atoms with E-state index >= 15 is 0 Å². The summed E-state index contributed by atoms with van der Waals surface area (Å²) in [6.07, 6.45) is 6.30. The van der Waals surface area contributed by atoms with Crippen LogP contribution in [0.25, 0.3) is 0 Å². The molecular formula is C18H21N3OS. The maximum atomic E-state index is 12.1. The van der Waals surface area contributed by atoms with Gasteiger partial charge in [-0.25, -0.2) is 0 Å². The van der Waals surface area contributed by atoms with Crippen LogP contribution in [0, 0.1) is 0 Å². The minimum atomic E-state index is 0.0644. The van der Waals surface area contributed by atoms with Crippen LogP contribution < -0.4 is 0 Å². The van der Waals surface area contributed by atoms with Gasteiger partial charge in [0.25, 0.3) is 0 Å². The summed E-state index contributed by atoms with van der Waals surface area (Å²) in [5.41, 5.74) is 1.26. The number of carbonyl (C=O) groups is 1. The molecule has 2 fully saturated rings. The van der Waals surface area contributed by atoms with E-state index in [2.05, 4.69) is 39.0 Å². The van der Waals surface area contributed by atoms with E-state index in [0.29, 0.717) is 11.7 Å². The third-order valence-electron chi connectivity index (χ3n) is 4.62. The average molecular weight is 327 g/mol. The van der Waals surface area contributed by atoms with Crippen LogP contribution in [0.5, 0.6) is 0 Å². The Hall–Kier alpha value is -1.62. The summed E-state index contributed by atoms with van der Waals surface area (Å²) < 4.78 is 2.24. The Balaban J connectivity index is 1.60. The number of nitrogens with zero attached hydrogens (tertiary/aromatic N) is 3. The number of aromatic nitrogens is 3. The molecule has 2 aliphatic rings. The fraction of sp³-hybridized carbons (Fsp3) is 0.500. The first kappa shape index (κ1) is 14.9.